The van der Waals surface area contributed by atoms with E-state index in [0.29, 0.717) is 23.4 Å². The average Bonchev–Trinajstić information content (AvgIpc) is 3.17. The van der Waals surface area contributed by atoms with Crippen LogP contribution in [-0.4, -0.2) is 50.7 Å². The molecule has 1 aliphatic heterocycles. The number of nitrogens with zero attached hydrogens (tertiary/aromatic N) is 2. The summed E-state index contributed by atoms with van der Waals surface area (Å²) in [6.07, 6.45) is 0.178. The molecule has 0 radical (unpaired) electrons. The van der Waals surface area contributed by atoms with Crippen molar-refractivity contribution in [2.24, 2.45) is 5.14 Å². The van der Waals surface area contributed by atoms with Crippen molar-refractivity contribution in [3.8, 4) is 5.75 Å². The molecule has 186 valence electrons. The summed E-state index contributed by atoms with van der Waals surface area (Å²) in [6.45, 7) is 0.122. The molecule has 1 heterocycles. The zero-order valence-electron chi connectivity index (χ0n) is 19.5. The van der Waals surface area contributed by atoms with Crippen molar-refractivity contribution in [1.82, 2.24) is 4.90 Å². The molecule has 1 fully saturated rings. The highest BCUT2D eigenvalue weighted by molar-refractivity contribution is 7.89. The lowest BCUT2D eigenvalue weighted by atomic mass is 10.1. The fourth-order valence-corrected chi connectivity index (χ4v) is 4.64. The first kappa shape index (κ1) is 25.1. The van der Waals surface area contributed by atoms with Gasteiger partial charge in [-0.1, -0.05) is 36.4 Å². The van der Waals surface area contributed by atoms with Crippen LogP contribution >= 0.6 is 0 Å². The Hall–Kier alpha value is -4.02. The molecule has 36 heavy (non-hydrogen) atoms. The lowest BCUT2D eigenvalue weighted by Crippen LogP contribution is -2.46. The van der Waals surface area contributed by atoms with Crippen molar-refractivity contribution >= 4 is 33.4 Å². The standard InChI is InChI=1S/C26H25N3O6S/c1-35-21-9-5-6-19(16-21)25(31)28(15-14-18-10-12-22(13-11-18)36(27,33)34)23-17-24(30)29(26(23)32)20-7-3-2-4-8-20/h2-13,16,23H,14-15,17H2,1H3,(H2,27,33,34). The highest BCUT2D eigenvalue weighted by Crippen LogP contribution is 2.27. The van der Waals surface area contributed by atoms with Gasteiger partial charge in [0.25, 0.3) is 11.8 Å². The van der Waals surface area contributed by atoms with E-state index in [4.69, 9.17) is 9.88 Å². The minimum atomic E-state index is -3.83. The topological polar surface area (TPSA) is 127 Å². The SMILES string of the molecule is COc1cccc(C(=O)N(CCc2ccc(S(N)(=O)=O)cc2)C2CC(=O)N(c3ccccc3)C2=O)c1. The number of carbonyl (C=O) groups is 3. The van der Waals surface area contributed by atoms with Gasteiger partial charge >= 0.3 is 0 Å². The highest BCUT2D eigenvalue weighted by Gasteiger charge is 2.44. The summed E-state index contributed by atoms with van der Waals surface area (Å²) in [5.41, 5.74) is 1.50. The van der Waals surface area contributed by atoms with Crippen LogP contribution in [0.4, 0.5) is 5.69 Å². The van der Waals surface area contributed by atoms with Crippen molar-refractivity contribution in [3.05, 3.63) is 90.0 Å². The number of para-hydroxylation sites is 1. The van der Waals surface area contributed by atoms with Gasteiger partial charge in [-0.15, -0.1) is 0 Å². The van der Waals surface area contributed by atoms with Crippen LogP contribution in [0.3, 0.4) is 0 Å². The molecule has 1 saturated heterocycles. The number of hydrogen-bond donors (Lipinski definition) is 1. The molecule has 0 saturated carbocycles. The van der Waals surface area contributed by atoms with E-state index in [1.807, 2.05) is 0 Å². The second kappa shape index (κ2) is 10.3. The van der Waals surface area contributed by atoms with E-state index in [0.717, 1.165) is 10.5 Å². The predicted molar refractivity (Wildman–Crippen MR) is 133 cm³/mol. The van der Waals surface area contributed by atoms with Crippen molar-refractivity contribution in [2.75, 3.05) is 18.6 Å². The van der Waals surface area contributed by atoms with Gasteiger partial charge in [0.15, 0.2) is 0 Å². The molecule has 10 heteroatoms. The van der Waals surface area contributed by atoms with Gasteiger partial charge in [0, 0.05) is 12.1 Å². The monoisotopic (exact) mass is 507 g/mol. The van der Waals surface area contributed by atoms with Crippen molar-refractivity contribution in [2.45, 2.75) is 23.8 Å². The van der Waals surface area contributed by atoms with Crippen molar-refractivity contribution in [1.29, 1.82) is 0 Å². The third kappa shape index (κ3) is 5.29. The quantitative estimate of drug-likeness (QED) is 0.467. The molecule has 1 unspecified atom stereocenters. The molecule has 1 atom stereocenters. The minimum absolute atomic E-state index is 0.0226. The van der Waals surface area contributed by atoms with E-state index in [2.05, 4.69) is 0 Å². The van der Waals surface area contributed by atoms with Gasteiger partial charge in [-0.05, 0) is 54.4 Å². The van der Waals surface area contributed by atoms with Crippen molar-refractivity contribution in [3.63, 3.8) is 0 Å². The molecule has 0 spiro atoms. The number of benzene rings is 3. The Labute approximate surface area is 209 Å². The summed E-state index contributed by atoms with van der Waals surface area (Å²) in [5.74, 6) is -0.806. The molecule has 4 rings (SSSR count). The second-order valence-corrected chi connectivity index (χ2v) is 9.85. The maximum atomic E-state index is 13.6. The van der Waals surface area contributed by atoms with E-state index < -0.39 is 33.8 Å². The van der Waals surface area contributed by atoms with Gasteiger partial charge in [0.1, 0.15) is 11.8 Å². The van der Waals surface area contributed by atoms with Gasteiger partial charge in [-0.2, -0.15) is 0 Å². The first-order valence-corrected chi connectivity index (χ1v) is 12.7. The van der Waals surface area contributed by atoms with E-state index in [9.17, 15) is 22.8 Å². The number of primary sulfonamides is 1. The van der Waals surface area contributed by atoms with Gasteiger partial charge in [0.2, 0.25) is 15.9 Å². The zero-order chi connectivity index (χ0) is 25.9. The van der Waals surface area contributed by atoms with Crippen LogP contribution in [0, 0.1) is 0 Å². The summed E-state index contributed by atoms with van der Waals surface area (Å²) in [7, 11) is -2.34. The van der Waals surface area contributed by atoms with Gasteiger partial charge in [-0.3, -0.25) is 14.4 Å². The third-order valence-electron chi connectivity index (χ3n) is 5.98. The summed E-state index contributed by atoms with van der Waals surface area (Å²) < 4.78 is 28.3. The van der Waals surface area contributed by atoms with Crippen LogP contribution in [0.15, 0.2) is 83.8 Å². The van der Waals surface area contributed by atoms with E-state index in [1.165, 1.54) is 24.1 Å². The van der Waals surface area contributed by atoms with Gasteiger partial charge < -0.3 is 9.64 Å². The normalized spacial score (nSPS) is 15.7. The van der Waals surface area contributed by atoms with Crippen LogP contribution < -0.4 is 14.8 Å². The number of amides is 3. The lowest BCUT2D eigenvalue weighted by Gasteiger charge is -2.28. The number of nitrogens with two attached hydrogens (primary N) is 1. The number of carbonyl (C=O) groups excluding carboxylic acids is 3. The number of ether oxygens (including phenoxy) is 1. The first-order chi connectivity index (χ1) is 17.2. The Morgan fingerprint density at radius 2 is 1.72 bits per heavy atom. The largest absolute Gasteiger partial charge is 0.497 e. The maximum Gasteiger partial charge on any atom is 0.257 e. The smallest absolute Gasteiger partial charge is 0.257 e. The fourth-order valence-electron chi connectivity index (χ4n) is 4.12. The van der Waals surface area contributed by atoms with Crippen LogP contribution in [-0.2, 0) is 26.0 Å². The molecule has 3 amide bonds. The van der Waals surface area contributed by atoms with E-state index in [-0.39, 0.29) is 17.9 Å². The molecular weight excluding hydrogens is 482 g/mol. The van der Waals surface area contributed by atoms with Crippen LogP contribution in [0.2, 0.25) is 0 Å². The van der Waals surface area contributed by atoms with Crippen LogP contribution in [0.1, 0.15) is 22.3 Å². The molecule has 0 bridgehead atoms. The number of imide groups is 1. The molecule has 3 aromatic rings. The molecule has 2 N–H and O–H groups in total. The molecule has 9 nitrogen and oxygen atoms in total. The molecule has 1 aliphatic rings. The minimum Gasteiger partial charge on any atom is -0.497 e. The Bertz CT molecular complexity index is 1390. The molecule has 3 aromatic carbocycles. The molecule has 0 aliphatic carbocycles. The number of sulfonamides is 1. The van der Waals surface area contributed by atoms with Crippen LogP contribution in [0.5, 0.6) is 5.75 Å². The van der Waals surface area contributed by atoms with Gasteiger partial charge in [0.05, 0.1) is 24.1 Å². The third-order valence-corrected chi connectivity index (χ3v) is 6.91. The number of rotatable bonds is 8. The van der Waals surface area contributed by atoms with Crippen LogP contribution in [0.25, 0.3) is 0 Å². The summed E-state index contributed by atoms with van der Waals surface area (Å²) in [5, 5.41) is 5.16. The Kier molecular flexibility index (Phi) is 7.18. The highest BCUT2D eigenvalue weighted by atomic mass is 32.2. The van der Waals surface area contributed by atoms with Gasteiger partial charge in [-0.25, -0.2) is 18.5 Å². The number of methoxy groups -OCH3 is 1. The summed E-state index contributed by atoms with van der Waals surface area (Å²) in [6, 6.07) is 20.1. The predicted octanol–water partition coefficient (Wildman–Crippen LogP) is 2.36. The molecular formula is C26H25N3O6S. The number of anilines is 1. The summed E-state index contributed by atoms with van der Waals surface area (Å²) >= 11 is 0. The second-order valence-electron chi connectivity index (χ2n) is 8.29. The molecule has 0 aromatic heterocycles. The van der Waals surface area contributed by atoms with E-state index >= 15 is 0 Å². The number of hydrogen-bond acceptors (Lipinski definition) is 6. The average molecular weight is 508 g/mol. The van der Waals surface area contributed by atoms with E-state index in [1.54, 1.807) is 66.7 Å². The lowest BCUT2D eigenvalue weighted by molar-refractivity contribution is -0.122. The summed E-state index contributed by atoms with van der Waals surface area (Å²) in [4.78, 5) is 42.3. The van der Waals surface area contributed by atoms with Crippen molar-refractivity contribution < 1.29 is 27.5 Å². The fraction of sp³-hybridized carbons (Fsp3) is 0.192. The zero-order valence-corrected chi connectivity index (χ0v) is 20.4. The Morgan fingerprint density at radius 3 is 2.36 bits per heavy atom. The Morgan fingerprint density at radius 1 is 1.03 bits per heavy atom. The Balaban J connectivity index is 1.63. The maximum absolute atomic E-state index is 13.6. The first-order valence-electron chi connectivity index (χ1n) is 11.2.